The highest BCUT2D eigenvalue weighted by Gasteiger charge is 2.64. The molecule has 156 valence electrons. The number of allylic oxidation sites excluding steroid dienone is 2. The smallest absolute Gasteiger partial charge is 0.260 e. The topological polar surface area (TPSA) is 63.1 Å². The Morgan fingerprint density at radius 3 is 2.69 bits per heavy atom. The van der Waals surface area contributed by atoms with Crippen molar-refractivity contribution in [2.45, 2.75) is 57.0 Å². The summed E-state index contributed by atoms with van der Waals surface area (Å²) in [6, 6.07) is -0.961. The molecule has 2 saturated carbocycles. The number of nitrogens with zero attached hydrogens (tertiary/aromatic N) is 4. The van der Waals surface area contributed by atoms with E-state index in [1.54, 1.807) is 0 Å². The standard InChI is InChI=1S/C21H27F2N5O/c22-18(23)17-10-16(26-20-24-11-25-28(17)20)12-3-7-27(8-4-12)19(29)14-9-13-1-2-15(14)21(13)5-6-21/h1-2,11-18H,3-10H2,(H,24,25,26)/t13?,14?,15?,16-,17+/m0/s1. The molecule has 0 radical (unpaired) electrons. The lowest BCUT2D eigenvalue weighted by molar-refractivity contribution is -0.138. The molecule has 1 aromatic rings. The Labute approximate surface area is 168 Å². The number of rotatable bonds is 3. The molecule has 5 aliphatic rings. The number of aromatic nitrogens is 3. The van der Waals surface area contributed by atoms with E-state index >= 15 is 0 Å². The molecular weight excluding hydrogens is 376 g/mol. The summed E-state index contributed by atoms with van der Waals surface area (Å²) in [7, 11) is 0. The lowest BCUT2D eigenvalue weighted by atomic mass is 9.83. The first-order valence-electron chi connectivity index (χ1n) is 11.0. The van der Waals surface area contributed by atoms with Crippen LogP contribution in [0.5, 0.6) is 0 Å². The van der Waals surface area contributed by atoms with E-state index in [0.29, 0.717) is 35.5 Å². The molecule has 2 aliphatic heterocycles. The number of hydrogen-bond acceptors (Lipinski definition) is 4. The zero-order valence-electron chi connectivity index (χ0n) is 16.4. The van der Waals surface area contributed by atoms with Crippen molar-refractivity contribution in [3.05, 3.63) is 18.5 Å². The molecule has 1 amide bonds. The van der Waals surface area contributed by atoms with Crippen LogP contribution in [0.15, 0.2) is 18.5 Å². The number of piperidine rings is 1. The monoisotopic (exact) mass is 403 g/mol. The van der Waals surface area contributed by atoms with Gasteiger partial charge in [-0.1, -0.05) is 12.2 Å². The molecule has 6 nitrogen and oxygen atoms in total. The van der Waals surface area contributed by atoms with Crippen molar-refractivity contribution in [3.8, 4) is 0 Å². The molecule has 6 rings (SSSR count). The van der Waals surface area contributed by atoms with Crippen LogP contribution in [0.2, 0.25) is 0 Å². The maximum absolute atomic E-state index is 13.5. The summed E-state index contributed by atoms with van der Waals surface area (Å²) in [5, 5.41) is 7.27. The molecular formula is C21H27F2N5O. The quantitative estimate of drug-likeness (QED) is 0.788. The minimum absolute atomic E-state index is 0.0388. The zero-order chi connectivity index (χ0) is 19.8. The minimum atomic E-state index is -2.46. The largest absolute Gasteiger partial charge is 0.351 e. The van der Waals surface area contributed by atoms with E-state index in [9.17, 15) is 13.6 Å². The molecule has 0 aromatic carbocycles. The lowest BCUT2D eigenvalue weighted by Gasteiger charge is -2.40. The number of anilines is 1. The minimum Gasteiger partial charge on any atom is -0.351 e. The number of amides is 1. The maximum Gasteiger partial charge on any atom is 0.260 e. The summed E-state index contributed by atoms with van der Waals surface area (Å²) in [5.41, 5.74) is 0.435. The predicted molar refractivity (Wildman–Crippen MR) is 102 cm³/mol. The number of carbonyl (C=O) groups excluding carboxylic acids is 1. The van der Waals surface area contributed by atoms with Gasteiger partial charge >= 0.3 is 0 Å². The van der Waals surface area contributed by atoms with E-state index in [-0.39, 0.29) is 17.9 Å². The van der Waals surface area contributed by atoms with Crippen LogP contribution in [0.4, 0.5) is 14.7 Å². The van der Waals surface area contributed by atoms with Crippen LogP contribution in [0.1, 0.15) is 44.6 Å². The van der Waals surface area contributed by atoms with Gasteiger partial charge in [0.1, 0.15) is 12.4 Å². The first-order valence-corrected chi connectivity index (χ1v) is 11.0. The first-order chi connectivity index (χ1) is 14.1. The van der Waals surface area contributed by atoms with E-state index in [2.05, 4.69) is 27.6 Å². The van der Waals surface area contributed by atoms with E-state index in [4.69, 9.17) is 0 Å². The molecule has 1 aromatic heterocycles. The van der Waals surface area contributed by atoms with Crippen LogP contribution in [-0.4, -0.2) is 51.1 Å². The molecule has 3 unspecified atom stereocenters. The summed E-state index contributed by atoms with van der Waals surface area (Å²) >= 11 is 0. The average Bonchev–Trinajstić information content (AvgIpc) is 3.15. The molecule has 1 saturated heterocycles. The summed E-state index contributed by atoms with van der Waals surface area (Å²) in [5.74, 6) is 2.28. The Morgan fingerprint density at radius 2 is 2.00 bits per heavy atom. The Hall–Kier alpha value is -1.99. The van der Waals surface area contributed by atoms with Gasteiger partial charge in [0.25, 0.3) is 6.43 Å². The van der Waals surface area contributed by atoms with Crippen molar-refractivity contribution in [2.24, 2.45) is 29.1 Å². The third kappa shape index (κ3) is 2.60. The lowest BCUT2D eigenvalue weighted by Crippen LogP contribution is -2.47. The van der Waals surface area contributed by atoms with Gasteiger partial charge < -0.3 is 10.2 Å². The second kappa shape index (κ2) is 6.25. The molecule has 8 heteroatoms. The summed E-state index contributed by atoms with van der Waals surface area (Å²) in [4.78, 5) is 19.4. The fraction of sp³-hybridized carbons (Fsp3) is 0.762. The van der Waals surface area contributed by atoms with Crippen LogP contribution in [0.25, 0.3) is 0 Å². The second-order valence-corrected chi connectivity index (χ2v) is 9.67. The second-order valence-electron chi connectivity index (χ2n) is 9.67. The first kappa shape index (κ1) is 17.8. The normalized spacial score (nSPS) is 37.2. The highest BCUT2D eigenvalue weighted by molar-refractivity contribution is 5.80. The Kier molecular flexibility index (Phi) is 3.84. The molecule has 5 atom stereocenters. The van der Waals surface area contributed by atoms with E-state index in [1.807, 2.05) is 4.90 Å². The average molecular weight is 403 g/mol. The van der Waals surface area contributed by atoms with E-state index in [1.165, 1.54) is 23.9 Å². The summed E-state index contributed by atoms with van der Waals surface area (Å²) in [6.07, 6.45) is 9.19. The molecule has 3 heterocycles. The number of likely N-dealkylation sites (tertiary alicyclic amines) is 1. The molecule has 3 fully saturated rings. The number of nitrogens with one attached hydrogen (secondary N) is 1. The van der Waals surface area contributed by atoms with Gasteiger partial charge in [-0.15, -0.1) is 0 Å². The van der Waals surface area contributed by atoms with Gasteiger partial charge in [0.2, 0.25) is 11.9 Å². The molecule has 3 aliphatic carbocycles. The van der Waals surface area contributed by atoms with Crippen LogP contribution in [0.3, 0.4) is 0 Å². The van der Waals surface area contributed by atoms with E-state index < -0.39 is 12.5 Å². The van der Waals surface area contributed by atoms with Crippen molar-refractivity contribution in [3.63, 3.8) is 0 Å². The number of fused-ring (bicyclic) bond motifs is 1. The van der Waals surface area contributed by atoms with Gasteiger partial charge in [-0.25, -0.2) is 13.5 Å². The Balaban J connectivity index is 1.10. The zero-order valence-corrected chi connectivity index (χ0v) is 16.4. The predicted octanol–water partition coefficient (Wildman–Crippen LogP) is 3.11. The van der Waals surface area contributed by atoms with Gasteiger partial charge in [0.05, 0.1) is 0 Å². The third-order valence-corrected chi connectivity index (χ3v) is 8.45. The molecule has 2 bridgehead atoms. The number of hydrogen-bond donors (Lipinski definition) is 1. The van der Waals surface area contributed by atoms with Crippen LogP contribution in [0, 0.1) is 29.1 Å². The van der Waals surface area contributed by atoms with Crippen LogP contribution in [-0.2, 0) is 4.79 Å². The van der Waals surface area contributed by atoms with E-state index in [0.717, 1.165) is 32.4 Å². The molecule has 1 spiro atoms. The fourth-order valence-electron chi connectivity index (χ4n) is 6.71. The van der Waals surface area contributed by atoms with Crippen molar-refractivity contribution in [2.75, 3.05) is 18.4 Å². The summed E-state index contributed by atoms with van der Waals surface area (Å²) in [6.45, 7) is 1.47. The van der Waals surface area contributed by atoms with Crippen molar-refractivity contribution >= 4 is 11.9 Å². The number of carbonyl (C=O) groups is 1. The van der Waals surface area contributed by atoms with Crippen molar-refractivity contribution in [1.29, 1.82) is 0 Å². The van der Waals surface area contributed by atoms with Crippen molar-refractivity contribution in [1.82, 2.24) is 19.7 Å². The summed E-state index contributed by atoms with van der Waals surface area (Å²) < 4.78 is 28.4. The molecule has 29 heavy (non-hydrogen) atoms. The molecule has 1 N–H and O–H groups in total. The highest BCUT2D eigenvalue weighted by Crippen LogP contribution is 2.70. The van der Waals surface area contributed by atoms with Crippen LogP contribution >= 0.6 is 0 Å². The van der Waals surface area contributed by atoms with Gasteiger partial charge in [-0.3, -0.25) is 4.79 Å². The maximum atomic E-state index is 13.5. The Morgan fingerprint density at radius 1 is 1.21 bits per heavy atom. The highest BCUT2D eigenvalue weighted by atomic mass is 19.3. The SMILES string of the molecule is O=C(C1CC2C=CC1C21CC1)N1CCC([C@@H]2C[C@H](C(F)F)n3ncnc3N2)CC1. The fourth-order valence-corrected chi connectivity index (χ4v) is 6.71. The van der Waals surface area contributed by atoms with Gasteiger partial charge in [-0.05, 0) is 61.7 Å². The number of alkyl halides is 2. The Bertz CT molecular complexity index is 842. The van der Waals surface area contributed by atoms with Gasteiger partial charge in [0, 0.05) is 25.0 Å². The van der Waals surface area contributed by atoms with Gasteiger partial charge in [-0.2, -0.15) is 10.1 Å². The van der Waals surface area contributed by atoms with Crippen LogP contribution < -0.4 is 5.32 Å². The van der Waals surface area contributed by atoms with Crippen molar-refractivity contribution < 1.29 is 13.6 Å². The van der Waals surface area contributed by atoms with Gasteiger partial charge in [0.15, 0.2) is 0 Å². The number of halogens is 2. The third-order valence-electron chi connectivity index (χ3n) is 8.45.